The first-order chi connectivity index (χ1) is 8.24. The van der Waals surface area contributed by atoms with Gasteiger partial charge in [0, 0.05) is 12.1 Å². The van der Waals surface area contributed by atoms with Crippen molar-refractivity contribution in [3.8, 4) is 0 Å². The molecule has 0 aliphatic rings. The average Bonchev–Trinajstić information content (AvgIpc) is 2.25. The molecule has 6 heteroatoms. The van der Waals surface area contributed by atoms with E-state index in [9.17, 15) is 4.79 Å². The van der Waals surface area contributed by atoms with Crippen LogP contribution in [-0.4, -0.2) is 17.4 Å². The Bertz CT molecular complexity index is 481. The Morgan fingerprint density at radius 2 is 1.95 bits per heavy atom. The highest BCUT2D eigenvalue weighted by Gasteiger charge is 2.20. The lowest BCUT2D eigenvalue weighted by Crippen LogP contribution is -2.25. The minimum absolute atomic E-state index is 0. The van der Waals surface area contributed by atoms with E-state index in [4.69, 9.17) is 21.6 Å². The van der Waals surface area contributed by atoms with Crippen LogP contribution in [-0.2, 0) is 11.3 Å². The SMILES string of the molecule is CC(C)(C)OC(=O)c1cc(C(=N)N)ccc1CN.Cl. The van der Waals surface area contributed by atoms with Crippen molar-refractivity contribution >= 4 is 24.2 Å². The summed E-state index contributed by atoms with van der Waals surface area (Å²) in [6.45, 7) is 5.61. The molecule has 0 saturated heterocycles. The van der Waals surface area contributed by atoms with Crippen LogP contribution in [0.2, 0.25) is 0 Å². The standard InChI is InChI=1S/C13H19N3O2.ClH/c1-13(2,3)18-12(17)10-6-8(11(15)16)4-5-9(10)7-14;/h4-6H,7,14H2,1-3H3,(H3,15,16);1H. The molecule has 0 amide bonds. The summed E-state index contributed by atoms with van der Waals surface area (Å²) in [5, 5.41) is 7.37. The normalized spacial score (nSPS) is 10.5. The van der Waals surface area contributed by atoms with Crippen LogP contribution in [0.5, 0.6) is 0 Å². The molecule has 0 atom stereocenters. The summed E-state index contributed by atoms with van der Waals surface area (Å²) in [5.74, 6) is -0.547. The van der Waals surface area contributed by atoms with Gasteiger partial charge >= 0.3 is 5.97 Å². The van der Waals surface area contributed by atoms with Crippen molar-refractivity contribution in [2.75, 3.05) is 0 Å². The molecule has 0 aromatic heterocycles. The van der Waals surface area contributed by atoms with Gasteiger partial charge in [-0.3, -0.25) is 5.41 Å². The van der Waals surface area contributed by atoms with Gasteiger partial charge in [-0.15, -0.1) is 12.4 Å². The zero-order valence-electron chi connectivity index (χ0n) is 11.3. The summed E-state index contributed by atoms with van der Waals surface area (Å²) in [6, 6.07) is 4.90. The predicted octanol–water partition coefficient (Wildman–Crippen LogP) is 1.81. The number of halogens is 1. The molecular weight excluding hydrogens is 266 g/mol. The Balaban J connectivity index is 0.00000324. The molecule has 5 nitrogen and oxygen atoms in total. The number of nitrogens with one attached hydrogen (secondary N) is 1. The van der Waals surface area contributed by atoms with Crippen LogP contribution in [0.4, 0.5) is 0 Å². The molecule has 0 bridgehead atoms. The molecule has 19 heavy (non-hydrogen) atoms. The van der Waals surface area contributed by atoms with Gasteiger partial charge in [-0.2, -0.15) is 0 Å². The second-order valence-electron chi connectivity index (χ2n) is 4.99. The van der Waals surface area contributed by atoms with Crippen LogP contribution in [0, 0.1) is 5.41 Å². The van der Waals surface area contributed by atoms with Crippen molar-refractivity contribution < 1.29 is 9.53 Å². The highest BCUT2D eigenvalue weighted by molar-refractivity contribution is 5.99. The Morgan fingerprint density at radius 1 is 1.37 bits per heavy atom. The van der Waals surface area contributed by atoms with E-state index in [1.165, 1.54) is 0 Å². The maximum Gasteiger partial charge on any atom is 0.338 e. The minimum Gasteiger partial charge on any atom is -0.456 e. The molecule has 5 N–H and O–H groups in total. The maximum absolute atomic E-state index is 12.0. The number of amidine groups is 1. The lowest BCUT2D eigenvalue weighted by molar-refractivity contribution is 0.00683. The van der Waals surface area contributed by atoms with Gasteiger partial charge in [0.1, 0.15) is 11.4 Å². The van der Waals surface area contributed by atoms with E-state index in [1.54, 1.807) is 39.0 Å². The van der Waals surface area contributed by atoms with E-state index < -0.39 is 11.6 Å². The van der Waals surface area contributed by atoms with E-state index in [-0.39, 0.29) is 24.8 Å². The van der Waals surface area contributed by atoms with Crippen molar-refractivity contribution in [3.05, 3.63) is 34.9 Å². The fourth-order valence-electron chi connectivity index (χ4n) is 1.45. The van der Waals surface area contributed by atoms with E-state index in [1.807, 2.05) is 0 Å². The molecule has 106 valence electrons. The van der Waals surface area contributed by atoms with Crippen LogP contribution >= 0.6 is 12.4 Å². The number of benzene rings is 1. The number of carbonyl (C=O) groups is 1. The Hall–Kier alpha value is -1.59. The molecule has 1 aromatic rings. The average molecular weight is 286 g/mol. The minimum atomic E-state index is -0.574. The van der Waals surface area contributed by atoms with Gasteiger partial charge in [0.2, 0.25) is 0 Å². The molecule has 0 unspecified atom stereocenters. The monoisotopic (exact) mass is 285 g/mol. The summed E-state index contributed by atoms with van der Waals surface area (Å²) in [7, 11) is 0. The van der Waals surface area contributed by atoms with Gasteiger partial charge in [0.25, 0.3) is 0 Å². The molecule has 0 saturated carbocycles. The van der Waals surface area contributed by atoms with Crippen LogP contribution in [0.3, 0.4) is 0 Å². The summed E-state index contributed by atoms with van der Waals surface area (Å²) in [6.07, 6.45) is 0. The number of esters is 1. The number of hydrogen-bond donors (Lipinski definition) is 3. The molecule has 0 radical (unpaired) electrons. The second-order valence-corrected chi connectivity index (χ2v) is 4.99. The van der Waals surface area contributed by atoms with E-state index in [2.05, 4.69) is 0 Å². The second kappa shape index (κ2) is 6.54. The molecule has 1 aromatic carbocycles. The summed E-state index contributed by atoms with van der Waals surface area (Å²) in [5.41, 5.74) is 11.9. The van der Waals surface area contributed by atoms with Crippen molar-refractivity contribution in [1.82, 2.24) is 0 Å². The number of nitrogens with two attached hydrogens (primary N) is 2. The Kier molecular flexibility index (Phi) is 5.99. The third kappa shape index (κ3) is 4.89. The lowest BCUT2D eigenvalue weighted by Gasteiger charge is -2.20. The molecule has 0 spiro atoms. The third-order valence-corrected chi connectivity index (χ3v) is 2.26. The summed E-state index contributed by atoms with van der Waals surface area (Å²) in [4.78, 5) is 12.0. The quantitative estimate of drug-likeness (QED) is 0.448. The largest absolute Gasteiger partial charge is 0.456 e. The molecule has 1 rings (SSSR count). The topological polar surface area (TPSA) is 102 Å². The highest BCUT2D eigenvalue weighted by Crippen LogP contribution is 2.17. The van der Waals surface area contributed by atoms with Gasteiger partial charge in [-0.25, -0.2) is 4.79 Å². The molecule has 0 heterocycles. The zero-order chi connectivity index (χ0) is 13.9. The van der Waals surface area contributed by atoms with E-state index >= 15 is 0 Å². The number of hydrogen-bond acceptors (Lipinski definition) is 4. The Labute approximate surface area is 119 Å². The molecule has 0 fully saturated rings. The van der Waals surface area contributed by atoms with Crippen LogP contribution in [0.1, 0.15) is 42.3 Å². The first-order valence-electron chi connectivity index (χ1n) is 5.65. The van der Waals surface area contributed by atoms with Crippen LogP contribution < -0.4 is 11.5 Å². The van der Waals surface area contributed by atoms with E-state index in [0.29, 0.717) is 16.7 Å². The van der Waals surface area contributed by atoms with Gasteiger partial charge < -0.3 is 16.2 Å². The number of ether oxygens (including phenoxy) is 1. The molecule has 0 aliphatic carbocycles. The third-order valence-electron chi connectivity index (χ3n) is 2.26. The smallest absolute Gasteiger partial charge is 0.338 e. The van der Waals surface area contributed by atoms with Gasteiger partial charge in [0.15, 0.2) is 0 Å². The number of carbonyl (C=O) groups excluding carboxylic acids is 1. The maximum atomic E-state index is 12.0. The Morgan fingerprint density at radius 3 is 2.37 bits per heavy atom. The number of nitrogen functional groups attached to an aromatic ring is 1. The van der Waals surface area contributed by atoms with Gasteiger partial charge in [-0.05, 0) is 32.4 Å². The lowest BCUT2D eigenvalue weighted by atomic mass is 10.0. The first kappa shape index (κ1) is 17.4. The summed E-state index contributed by atoms with van der Waals surface area (Å²) >= 11 is 0. The first-order valence-corrected chi connectivity index (χ1v) is 5.65. The highest BCUT2D eigenvalue weighted by atomic mass is 35.5. The zero-order valence-corrected chi connectivity index (χ0v) is 12.1. The van der Waals surface area contributed by atoms with Crippen molar-refractivity contribution in [2.24, 2.45) is 11.5 Å². The van der Waals surface area contributed by atoms with Gasteiger partial charge in [-0.1, -0.05) is 12.1 Å². The molecular formula is C13H20ClN3O2. The van der Waals surface area contributed by atoms with Crippen LogP contribution in [0.15, 0.2) is 18.2 Å². The van der Waals surface area contributed by atoms with Crippen molar-refractivity contribution in [3.63, 3.8) is 0 Å². The van der Waals surface area contributed by atoms with E-state index in [0.717, 1.165) is 0 Å². The predicted molar refractivity (Wildman–Crippen MR) is 77.8 cm³/mol. The van der Waals surface area contributed by atoms with Crippen molar-refractivity contribution in [2.45, 2.75) is 32.9 Å². The summed E-state index contributed by atoms with van der Waals surface area (Å²) < 4.78 is 5.30. The van der Waals surface area contributed by atoms with Crippen molar-refractivity contribution in [1.29, 1.82) is 5.41 Å². The van der Waals surface area contributed by atoms with Gasteiger partial charge in [0.05, 0.1) is 5.56 Å². The fourth-order valence-corrected chi connectivity index (χ4v) is 1.45. The number of rotatable bonds is 3. The molecule has 0 aliphatic heterocycles. The van der Waals surface area contributed by atoms with Crippen LogP contribution in [0.25, 0.3) is 0 Å². The fraction of sp³-hybridized carbons (Fsp3) is 0.385.